The van der Waals surface area contributed by atoms with Gasteiger partial charge >= 0.3 is 0 Å². The molecular weight excluding hydrogens is 138 g/mol. The summed E-state index contributed by atoms with van der Waals surface area (Å²) in [6, 6.07) is 0. The van der Waals surface area contributed by atoms with Crippen molar-refractivity contribution in [2.45, 2.75) is 24.8 Å². The topological polar surface area (TPSA) is 38.0 Å². The standard InChI is InChI=1S/C6H12F2N2/c7-5(8)3-10-6(4-9)1-2-6/h5,10H,1-4,9H2. The fourth-order valence-electron chi connectivity index (χ4n) is 0.898. The summed E-state index contributed by atoms with van der Waals surface area (Å²) in [5.74, 6) is 0. The Labute approximate surface area is 58.8 Å². The highest BCUT2D eigenvalue weighted by Gasteiger charge is 2.40. The lowest BCUT2D eigenvalue weighted by atomic mass is 10.3. The Morgan fingerprint density at radius 3 is 2.40 bits per heavy atom. The van der Waals surface area contributed by atoms with Gasteiger partial charge < -0.3 is 11.1 Å². The van der Waals surface area contributed by atoms with Gasteiger partial charge in [0, 0.05) is 12.1 Å². The van der Waals surface area contributed by atoms with Crippen LogP contribution in [0.5, 0.6) is 0 Å². The number of nitrogens with two attached hydrogens (primary N) is 1. The van der Waals surface area contributed by atoms with Crippen molar-refractivity contribution in [3.05, 3.63) is 0 Å². The third-order valence-corrected chi connectivity index (χ3v) is 1.88. The molecule has 4 heteroatoms. The number of hydrogen-bond donors (Lipinski definition) is 2. The first-order chi connectivity index (χ1) is 4.68. The SMILES string of the molecule is NCC1(NCC(F)F)CC1. The van der Waals surface area contributed by atoms with Gasteiger partial charge in [0.15, 0.2) is 0 Å². The van der Waals surface area contributed by atoms with Crippen LogP contribution in [0.2, 0.25) is 0 Å². The highest BCUT2D eigenvalue weighted by Crippen LogP contribution is 2.33. The van der Waals surface area contributed by atoms with E-state index in [4.69, 9.17) is 5.73 Å². The Kier molecular flexibility index (Phi) is 2.21. The van der Waals surface area contributed by atoms with Gasteiger partial charge in [0.2, 0.25) is 0 Å². The molecule has 0 saturated heterocycles. The average Bonchev–Trinajstić information content (AvgIpc) is 2.64. The lowest BCUT2D eigenvalue weighted by Gasteiger charge is -2.13. The minimum atomic E-state index is -2.26. The second-order valence-electron chi connectivity index (χ2n) is 2.76. The van der Waals surface area contributed by atoms with Crippen LogP contribution in [-0.2, 0) is 0 Å². The third kappa shape index (κ3) is 1.88. The summed E-state index contributed by atoms with van der Waals surface area (Å²) in [6.07, 6.45) is -0.379. The molecule has 0 bridgehead atoms. The largest absolute Gasteiger partial charge is 0.329 e. The second kappa shape index (κ2) is 2.80. The smallest absolute Gasteiger partial charge is 0.250 e. The van der Waals surface area contributed by atoms with E-state index in [1.807, 2.05) is 0 Å². The first kappa shape index (κ1) is 7.88. The van der Waals surface area contributed by atoms with Gasteiger partial charge in [-0.15, -0.1) is 0 Å². The summed E-state index contributed by atoms with van der Waals surface area (Å²) in [5.41, 5.74) is 5.22. The van der Waals surface area contributed by atoms with Gasteiger partial charge in [-0.3, -0.25) is 0 Å². The van der Waals surface area contributed by atoms with Crippen LogP contribution in [-0.4, -0.2) is 25.1 Å². The van der Waals surface area contributed by atoms with Crippen LogP contribution in [0.4, 0.5) is 8.78 Å². The Morgan fingerprint density at radius 1 is 1.50 bits per heavy atom. The number of nitrogens with one attached hydrogen (secondary N) is 1. The van der Waals surface area contributed by atoms with E-state index in [-0.39, 0.29) is 12.1 Å². The van der Waals surface area contributed by atoms with Crippen LogP contribution < -0.4 is 11.1 Å². The molecule has 10 heavy (non-hydrogen) atoms. The van der Waals surface area contributed by atoms with Crippen LogP contribution in [0.25, 0.3) is 0 Å². The van der Waals surface area contributed by atoms with Crippen molar-refractivity contribution in [1.29, 1.82) is 0 Å². The van der Waals surface area contributed by atoms with E-state index in [0.717, 1.165) is 12.8 Å². The first-order valence-corrected chi connectivity index (χ1v) is 3.42. The van der Waals surface area contributed by atoms with E-state index >= 15 is 0 Å². The maximum Gasteiger partial charge on any atom is 0.250 e. The van der Waals surface area contributed by atoms with E-state index in [1.165, 1.54) is 0 Å². The van der Waals surface area contributed by atoms with Crippen LogP contribution in [0, 0.1) is 0 Å². The fraction of sp³-hybridized carbons (Fsp3) is 1.00. The highest BCUT2D eigenvalue weighted by atomic mass is 19.3. The zero-order chi connectivity index (χ0) is 7.61. The molecule has 0 spiro atoms. The fourth-order valence-corrected chi connectivity index (χ4v) is 0.898. The molecule has 0 unspecified atom stereocenters. The lowest BCUT2D eigenvalue weighted by Crippen LogP contribution is -2.40. The Morgan fingerprint density at radius 2 is 2.10 bits per heavy atom. The van der Waals surface area contributed by atoms with Gasteiger partial charge in [-0.25, -0.2) is 8.78 Å². The van der Waals surface area contributed by atoms with E-state index in [0.29, 0.717) is 6.54 Å². The van der Waals surface area contributed by atoms with Crippen molar-refractivity contribution in [3.63, 3.8) is 0 Å². The van der Waals surface area contributed by atoms with Crippen LogP contribution in [0.1, 0.15) is 12.8 Å². The molecule has 0 aromatic rings. The molecule has 0 amide bonds. The summed E-state index contributed by atoms with van der Waals surface area (Å²) in [5, 5.41) is 2.74. The van der Waals surface area contributed by atoms with Gasteiger partial charge in [-0.1, -0.05) is 0 Å². The summed E-state index contributed by atoms with van der Waals surface area (Å²) >= 11 is 0. The molecule has 1 fully saturated rings. The number of rotatable bonds is 4. The van der Waals surface area contributed by atoms with Crippen molar-refractivity contribution in [2.24, 2.45) is 5.73 Å². The van der Waals surface area contributed by atoms with E-state index in [9.17, 15) is 8.78 Å². The molecule has 1 saturated carbocycles. The number of alkyl halides is 2. The highest BCUT2D eigenvalue weighted by molar-refractivity contribution is 5.02. The maximum atomic E-state index is 11.6. The molecule has 0 aromatic heterocycles. The van der Waals surface area contributed by atoms with Gasteiger partial charge in [-0.2, -0.15) is 0 Å². The number of halogens is 2. The van der Waals surface area contributed by atoms with Crippen molar-refractivity contribution in [2.75, 3.05) is 13.1 Å². The summed E-state index contributed by atoms with van der Waals surface area (Å²) in [4.78, 5) is 0. The maximum absolute atomic E-state index is 11.6. The van der Waals surface area contributed by atoms with Gasteiger partial charge in [0.1, 0.15) is 0 Å². The molecule has 1 aliphatic carbocycles. The molecule has 0 atom stereocenters. The third-order valence-electron chi connectivity index (χ3n) is 1.88. The molecule has 1 aliphatic rings. The molecule has 2 nitrogen and oxygen atoms in total. The predicted molar refractivity (Wildman–Crippen MR) is 35.0 cm³/mol. The Hall–Kier alpha value is -0.220. The van der Waals surface area contributed by atoms with Crippen LogP contribution in [0.3, 0.4) is 0 Å². The summed E-state index contributed by atoms with van der Waals surface area (Å²) in [7, 11) is 0. The molecular formula is C6H12F2N2. The zero-order valence-corrected chi connectivity index (χ0v) is 5.74. The summed E-state index contributed by atoms with van der Waals surface area (Å²) < 4.78 is 23.3. The molecule has 0 heterocycles. The van der Waals surface area contributed by atoms with Crippen molar-refractivity contribution in [1.82, 2.24) is 5.32 Å². The molecule has 0 aromatic carbocycles. The molecule has 60 valence electrons. The molecule has 0 radical (unpaired) electrons. The van der Waals surface area contributed by atoms with E-state index in [2.05, 4.69) is 5.32 Å². The van der Waals surface area contributed by atoms with Gasteiger partial charge in [0.25, 0.3) is 6.43 Å². The van der Waals surface area contributed by atoms with Gasteiger partial charge in [-0.05, 0) is 12.8 Å². The molecule has 3 N–H and O–H groups in total. The predicted octanol–water partition coefficient (Wildman–Crippen LogP) is 0.332. The molecule has 1 rings (SSSR count). The zero-order valence-electron chi connectivity index (χ0n) is 5.74. The van der Waals surface area contributed by atoms with E-state index in [1.54, 1.807) is 0 Å². The average molecular weight is 150 g/mol. The van der Waals surface area contributed by atoms with Gasteiger partial charge in [0.05, 0.1) is 6.54 Å². The van der Waals surface area contributed by atoms with Crippen LogP contribution in [0.15, 0.2) is 0 Å². The Balaban J connectivity index is 2.13. The Bertz CT molecular complexity index is 112. The summed E-state index contributed by atoms with van der Waals surface area (Å²) in [6.45, 7) is 0.247. The first-order valence-electron chi connectivity index (χ1n) is 3.42. The second-order valence-corrected chi connectivity index (χ2v) is 2.76. The monoisotopic (exact) mass is 150 g/mol. The molecule has 0 aliphatic heterocycles. The number of hydrogen-bond acceptors (Lipinski definition) is 2. The van der Waals surface area contributed by atoms with E-state index < -0.39 is 6.43 Å². The minimum Gasteiger partial charge on any atom is -0.329 e. The van der Waals surface area contributed by atoms with Crippen molar-refractivity contribution >= 4 is 0 Å². The van der Waals surface area contributed by atoms with Crippen molar-refractivity contribution in [3.8, 4) is 0 Å². The quantitative estimate of drug-likeness (QED) is 0.606. The lowest BCUT2D eigenvalue weighted by molar-refractivity contribution is 0.140. The van der Waals surface area contributed by atoms with Crippen LogP contribution >= 0.6 is 0 Å². The normalized spacial score (nSPS) is 21.6. The minimum absolute atomic E-state index is 0.129. The van der Waals surface area contributed by atoms with Crippen molar-refractivity contribution < 1.29 is 8.78 Å².